The van der Waals surface area contributed by atoms with Crippen molar-refractivity contribution in [1.29, 1.82) is 0 Å². The summed E-state index contributed by atoms with van der Waals surface area (Å²) in [6.07, 6.45) is 4.91. The Hall–Kier alpha value is 0.570. The van der Waals surface area contributed by atoms with Crippen LogP contribution in [0.15, 0.2) is 0 Å². The van der Waals surface area contributed by atoms with E-state index in [1.54, 1.807) is 0 Å². The van der Waals surface area contributed by atoms with Crippen LogP contribution in [0.5, 0.6) is 0 Å². The Labute approximate surface area is 57.6 Å². The fourth-order valence-corrected chi connectivity index (χ4v) is 5.86. The molecular weight excluding hydrogens is 127 g/mol. The molecule has 1 saturated heterocycles. The molecule has 1 fully saturated rings. The van der Waals surface area contributed by atoms with Gasteiger partial charge in [0, 0.05) is 0 Å². The van der Waals surface area contributed by atoms with Gasteiger partial charge in [0.25, 0.3) is 0 Å². The summed E-state index contributed by atoms with van der Waals surface area (Å²) in [4.78, 5) is 0. The summed E-state index contributed by atoms with van der Waals surface area (Å²) in [5.74, 6) is 0.991. The summed E-state index contributed by atoms with van der Waals surface area (Å²) in [5.41, 5.74) is 0. The summed E-state index contributed by atoms with van der Waals surface area (Å²) in [6.45, 7) is 2.99. The quantitative estimate of drug-likeness (QED) is 0.464. The molecule has 4 aliphatic rings. The van der Waals surface area contributed by atoms with Crippen molar-refractivity contribution in [3.63, 3.8) is 0 Å². The second kappa shape index (κ2) is 1.16. The Morgan fingerprint density at radius 2 is 2.56 bits per heavy atom. The molecule has 42 valence electrons. The van der Waals surface area contributed by atoms with Crippen molar-refractivity contribution in [3.05, 3.63) is 0 Å². The van der Waals surface area contributed by atoms with Crippen LogP contribution in [0.4, 0.5) is 0 Å². The topological polar surface area (TPSA) is 9.23 Å². The fraction of sp³-hybridized carbons (Fsp3) is 1.00. The van der Waals surface area contributed by atoms with Crippen molar-refractivity contribution in [2.45, 2.75) is 11.9 Å². The van der Waals surface area contributed by atoms with Gasteiger partial charge in [-0.2, -0.15) is 0 Å². The van der Waals surface area contributed by atoms with E-state index in [1.165, 1.54) is 7.17 Å². The van der Waals surface area contributed by atoms with Crippen LogP contribution < -0.4 is 0 Å². The Bertz CT molecular complexity index is 285. The van der Waals surface area contributed by atoms with E-state index in [0.717, 1.165) is 12.5 Å². The van der Waals surface area contributed by atoms with Crippen molar-refractivity contribution < 1.29 is 4.18 Å². The zero-order valence-electron chi connectivity index (χ0n) is 5.46. The first kappa shape index (κ1) is 5.25. The minimum atomic E-state index is -0.609. The van der Waals surface area contributed by atoms with Crippen LogP contribution >= 0.6 is 9.01 Å². The molecule has 4 heterocycles. The molecule has 0 atom stereocenters. The molecule has 0 aromatic carbocycles. The molecule has 0 saturated carbocycles. The van der Waals surface area contributed by atoms with E-state index >= 15 is 0 Å². The average molecular weight is 133 g/mol. The van der Waals surface area contributed by atoms with Crippen LogP contribution in [-0.2, 0) is 4.18 Å². The molecule has 6 heteroatoms. The number of hydrogen-bond donors (Lipinski definition) is 0. The zero-order valence-corrected chi connectivity index (χ0v) is 6.28. The summed E-state index contributed by atoms with van der Waals surface area (Å²) in [7, 11) is 0.810. The van der Waals surface area contributed by atoms with Gasteiger partial charge in [-0.05, 0) is 0 Å². The fourth-order valence-electron chi connectivity index (χ4n) is 2.03. The summed E-state index contributed by atoms with van der Waals surface area (Å²) in [6, 6.07) is 0. The minimum absolute atomic E-state index is 0.609. The average Bonchev–Trinajstić information content (AvgIpc) is 2.25. The SMILES string of the molecule is CCOS12=BC3(B=1)BB32. The monoisotopic (exact) mass is 134 g/mol. The first-order valence-corrected chi connectivity index (χ1v) is 5.24. The molecule has 0 amide bonds. The van der Waals surface area contributed by atoms with Crippen LogP contribution in [0.2, 0.25) is 5.01 Å². The molecule has 4 aliphatic heterocycles. The third kappa shape index (κ3) is 0.371. The molecule has 9 heavy (non-hydrogen) atoms. The standard InChI is InChI=1S/C3H6B4OS/c1-2-8-9-5-3(6-9)4-7(3)9/h4H,2H2,1H3. The second-order valence-corrected chi connectivity index (χ2v) is 5.81. The van der Waals surface area contributed by atoms with Crippen LogP contribution in [0.25, 0.3) is 0 Å². The molecule has 4 rings (SSSR count). The van der Waals surface area contributed by atoms with Crippen molar-refractivity contribution in [2.75, 3.05) is 6.61 Å². The van der Waals surface area contributed by atoms with E-state index in [1.807, 2.05) is 0 Å². The predicted molar refractivity (Wildman–Crippen MR) is 46.3 cm³/mol. The van der Waals surface area contributed by atoms with Crippen molar-refractivity contribution in [3.8, 4) is 0 Å². The van der Waals surface area contributed by atoms with Gasteiger partial charge in [-0.15, -0.1) is 0 Å². The van der Waals surface area contributed by atoms with Gasteiger partial charge in [0.15, 0.2) is 0 Å². The van der Waals surface area contributed by atoms with Crippen LogP contribution in [0.1, 0.15) is 6.92 Å². The van der Waals surface area contributed by atoms with E-state index in [2.05, 4.69) is 19.2 Å². The van der Waals surface area contributed by atoms with Crippen LogP contribution in [0.3, 0.4) is 0 Å². The van der Waals surface area contributed by atoms with E-state index in [4.69, 9.17) is 4.18 Å². The van der Waals surface area contributed by atoms with Gasteiger partial charge < -0.3 is 0 Å². The first-order valence-electron chi connectivity index (χ1n) is 3.50. The van der Waals surface area contributed by atoms with Gasteiger partial charge in [-0.25, -0.2) is 0 Å². The van der Waals surface area contributed by atoms with Crippen LogP contribution in [-0.4, -0.2) is 32.0 Å². The Morgan fingerprint density at radius 3 is 2.89 bits per heavy atom. The molecular formula is C3H6B4OS. The Balaban J connectivity index is 2.01. The molecule has 0 aromatic heterocycles. The molecule has 0 aromatic rings. The molecule has 0 radical (unpaired) electrons. The third-order valence-electron chi connectivity index (χ3n) is 2.55. The normalized spacial score (nSPS) is 53.2. The van der Waals surface area contributed by atoms with Gasteiger partial charge in [-0.3, -0.25) is 0 Å². The van der Waals surface area contributed by atoms with E-state index in [0.29, 0.717) is 5.01 Å². The molecule has 1 spiro atoms. The zero-order chi connectivity index (χ0) is 6.11. The van der Waals surface area contributed by atoms with Gasteiger partial charge in [0.2, 0.25) is 0 Å². The predicted octanol–water partition coefficient (Wildman–Crippen LogP) is -0.441. The third-order valence-corrected chi connectivity index (χ3v) is 6.31. The van der Waals surface area contributed by atoms with Gasteiger partial charge in [-0.1, -0.05) is 0 Å². The summed E-state index contributed by atoms with van der Waals surface area (Å²) < 4.78 is 5.65. The first-order chi connectivity index (χ1) is 4.31. The maximum atomic E-state index is 5.65. The van der Waals surface area contributed by atoms with E-state index in [-0.39, 0.29) is 0 Å². The Kier molecular flexibility index (Phi) is 0.677. The molecule has 0 aliphatic carbocycles. The van der Waals surface area contributed by atoms with Gasteiger partial charge in [0.05, 0.1) is 0 Å². The van der Waals surface area contributed by atoms with Crippen LogP contribution in [0, 0.1) is 0 Å². The summed E-state index contributed by atoms with van der Waals surface area (Å²) in [5, 5.41) is 0.657. The molecule has 1 nitrogen and oxygen atoms in total. The molecule has 0 N–H and O–H groups in total. The number of rotatable bonds is 2. The molecule has 0 unspecified atom stereocenters. The maximum absolute atomic E-state index is 5.65. The van der Waals surface area contributed by atoms with Crippen molar-refractivity contribution in [2.24, 2.45) is 0 Å². The van der Waals surface area contributed by atoms with Gasteiger partial charge >= 0.3 is 57.1 Å². The number of hydrogen-bond acceptors (Lipinski definition) is 1. The second-order valence-electron chi connectivity index (χ2n) is 3.14. The van der Waals surface area contributed by atoms with Gasteiger partial charge in [0.1, 0.15) is 0 Å². The van der Waals surface area contributed by atoms with E-state index < -0.39 is 9.01 Å². The molecule has 2 bridgehead atoms. The Morgan fingerprint density at radius 1 is 1.78 bits per heavy atom. The van der Waals surface area contributed by atoms with Crippen molar-refractivity contribution >= 4 is 34.4 Å². The van der Waals surface area contributed by atoms with Crippen molar-refractivity contribution in [1.82, 2.24) is 0 Å². The summed E-state index contributed by atoms with van der Waals surface area (Å²) >= 11 is 0. The van der Waals surface area contributed by atoms with E-state index in [9.17, 15) is 0 Å².